The Hall–Kier alpha value is -1.62. The van der Waals surface area contributed by atoms with E-state index in [1.54, 1.807) is 12.1 Å². The molecule has 5 heteroatoms. The number of alkyl halides is 2. The first-order chi connectivity index (χ1) is 9.97. The maximum atomic E-state index is 12.3. The van der Waals surface area contributed by atoms with E-state index in [1.165, 1.54) is 6.07 Å². The molecule has 0 aliphatic rings. The third-order valence-corrected chi connectivity index (χ3v) is 4.08. The fourth-order valence-electron chi connectivity index (χ4n) is 2.04. The van der Waals surface area contributed by atoms with Gasteiger partial charge in [0.15, 0.2) is 0 Å². The van der Waals surface area contributed by atoms with Crippen LogP contribution in [0.15, 0.2) is 46.9 Å². The summed E-state index contributed by atoms with van der Waals surface area (Å²) in [6.45, 7) is 1.17. The minimum absolute atomic E-state index is 0.0285. The Morgan fingerprint density at radius 3 is 2.57 bits per heavy atom. The van der Waals surface area contributed by atoms with Crippen molar-refractivity contribution < 1.29 is 13.5 Å². The highest BCUT2D eigenvalue weighted by Gasteiger charge is 2.10. The Morgan fingerprint density at radius 2 is 1.86 bits per heavy atom. The number of ether oxygens (including phenoxy) is 1. The van der Waals surface area contributed by atoms with Gasteiger partial charge in [0, 0.05) is 16.2 Å². The van der Waals surface area contributed by atoms with Crippen LogP contribution in [0, 0.1) is 6.92 Å². The summed E-state index contributed by atoms with van der Waals surface area (Å²) < 4.78 is 30.0. The largest absolute Gasteiger partial charge is 0.435 e. The predicted octanol–water partition coefficient (Wildman–Crippen LogP) is 5.53. The summed E-state index contributed by atoms with van der Waals surface area (Å²) in [5.41, 5.74) is 2.98. The molecule has 2 aromatic rings. The topological polar surface area (TPSA) is 21.3 Å². The number of halogens is 3. The average molecular weight is 356 g/mol. The van der Waals surface area contributed by atoms with Crippen LogP contribution >= 0.6 is 15.9 Å². The van der Waals surface area contributed by atoms with E-state index in [0.717, 1.165) is 21.3 Å². The first-order valence-corrected chi connectivity index (χ1v) is 7.33. The quantitative estimate of drug-likeness (QED) is 0.760. The molecule has 2 nitrogen and oxygen atoms in total. The van der Waals surface area contributed by atoms with Crippen LogP contribution in [-0.2, 0) is 0 Å². The Kier molecular flexibility index (Phi) is 5.17. The van der Waals surface area contributed by atoms with E-state index >= 15 is 0 Å². The fourth-order valence-corrected chi connectivity index (χ4v) is 2.41. The number of rotatable bonds is 5. The van der Waals surface area contributed by atoms with E-state index in [1.807, 2.05) is 38.1 Å². The van der Waals surface area contributed by atoms with Crippen molar-refractivity contribution in [3.05, 3.63) is 58.1 Å². The van der Waals surface area contributed by atoms with Crippen molar-refractivity contribution in [2.45, 2.75) is 26.5 Å². The zero-order valence-electron chi connectivity index (χ0n) is 11.7. The van der Waals surface area contributed by atoms with Crippen molar-refractivity contribution in [2.24, 2.45) is 0 Å². The molecule has 0 spiro atoms. The Bertz CT molecular complexity index is 619. The van der Waals surface area contributed by atoms with Crippen LogP contribution in [0.3, 0.4) is 0 Å². The molecule has 0 fully saturated rings. The van der Waals surface area contributed by atoms with Crippen LogP contribution in [0.4, 0.5) is 14.5 Å². The third-order valence-electron chi connectivity index (χ3n) is 3.22. The highest BCUT2D eigenvalue weighted by atomic mass is 79.9. The predicted molar refractivity (Wildman–Crippen MR) is 84.0 cm³/mol. The Morgan fingerprint density at radius 1 is 1.14 bits per heavy atom. The molecular formula is C16H16BrF2NO. The monoisotopic (exact) mass is 355 g/mol. The molecule has 0 aromatic heterocycles. The lowest BCUT2D eigenvalue weighted by Gasteiger charge is -2.18. The van der Waals surface area contributed by atoms with Crippen LogP contribution in [-0.4, -0.2) is 6.61 Å². The number of hydrogen-bond donors (Lipinski definition) is 1. The fraction of sp³-hybridized carbons (Fsp3) is 0.250. The molecule has 1 unspecified atom stereocenters. The maximum Gasteiger partial charge on any atom is 0.387 e. The Balaban J connectivity index is 2.16. The molecule has 1 N–H and O–H groups in total. The van der Waals surface area contributed by atoms with Crippen LogP contribution in [0.1, 0.15) is 24.1 Å². The summed E-state index contributed by atoms with van der Waals surface area (Å²) in [6.07, 6.45) is 0. The van der Waals surface area contributed by atoms with E-state index in [-0.39, 0.29) is 11.8 Å². The molecule has 0 heterocycles. The molecule has 0 saturated carbocycles. The van der Waals surface area contributed by atoms with Crippen molar-refractivity contribution in [3.8, 4) is 5.75 Å². The van der Waals surface area contributed by atoms with Crippen LogP contribution in [0.2, 0.25) is 0 Å². The zero-order chi connectivity index (χ0) is 15.4. The van der Waals surface area contributed by atoms with Gasteiger partial charge in [-0.05, 0) is 49.2 Å². The van der Waals surface area contributed by atoms with E-state index in [4.69, 9.17) is 0 Å². The van der Waals surface area contributed by atoms with Crippen LogP contribution in [0.5, 0.6) is 5.75 Å². The minimum Gasteiger partial charge on any atom is -0.435 e. The Labute approximate surface area is 131 Å². The van der Waals surface area contributed by atoms with Gasteiger partial charge in [-0.2, -0.15) is 8.78 Å². The summed E-state index contributed by atoms with van der Waals surface area (Å²) in [7, 11) is 0. The van der Waals surface area contributed by atoms with Gasteiger partial charge in [-0.1, -0.05) is 34.1 Å². The van der Waals surface area contributed by atoms with Crippen molar-refractivity contribution in [1.82, 2.24) is 0 Å². The van der Waals surface area contributed by atoms with E-state index < -0.39 is 6.61 Å². The van der Waals surface area contributed by atoms with Gasteiger partial charge in [0.1, 0.15) is 5.75 Å². The summed E-state index contributed by atoms with van der Waals surface area (Å²) in [6, 6.07) is 12.6. The van der Waals surface area contributed by atoms with Crippen molar-refractivity contribution >= 4 is 21.6 Å². The third kappa shape index (κ3) is 4.17. The van der Waals surface area contributed by atoms with Crippen molar-refractivity contribution in [3.63, 3.8) is 0 Å². The van der Waals surface area contributed by atoms with Crippen molar-refractivity contribution in [1.29, 1.82) is 0 Å². The lowest BCUT2D eigenvalue weighted by Crippen LogP contribution is -2.09. The second kappa shape index (κ2) is 6.89. The molecule has 0 saturated heterocycles. The molecule has 112 valence electrons. The van der Waals surface area contributed by atoms with Gasteiger partial charge < -0.3 is 10.1 Å². The number of hydrogen-bond acceptors (Lipinski definition) is 2. The maximum absolute atomic E-state index is 12.3. The minimum atomic E-state index is -2.81. The second-order valence-electron chi connectivity index (χ2n) is 4.73. The molecule has 1 atom stereocenters. The van der Waals surface area contributed by atoms with E-state index in [2.05, 4.69) is 26.0 Å². The van der Waals surface area contributed by atoms with E-state index in [9.17, 15) is 8.78 Å². The molecule has 0 radical (unpaired) electrons. The highest BCUT2D eigenvalue weighted by molar-refractivity contribution is 9.10. The second-order valence-corrected chi connectivity index (χ2v) is 5.58. The molecule has 0 aliphatic heterocycles. The molecule has 0 bridgehead atoms. The lowest BCUT2D eigenvalue weighted by molar-refractivity contribution is -0.0498. The van der Waals surface area contributed by atoms with Gasteiger partial charge in [-0.3, -0.25) is 0 Å². The first-order valence-electron chi connectivity index (χ1n) is 6.54. The SMILES string of the molecule is Cc1c(Br)cccc1NC(C)c1cccc(OC(F)F)c1. The van der Waals surface area contributed by atoms with Crippen LogP contribution in [0.25, 0.3) is 0 Å². The van der Waals surface area contributed by atoms with Gasteiger partial charge in [-0.15, -0.1) is 0 Å². The molecule has 0 aliphatic carbocycles. The van der Waals surface area contributed by atoms with Gasteiger partial charge >= 0.3 is 6.61 Å². The molecule has 0 amide bonds. The highest BCUT2D eigenvalue weighted by Crippen LogP contribution is 2.28. The summed E-state index contributed by atoms with van der Waals surface area (Å²) in [4.78, 5) is 0. The average Bonchev–Trinajstić information content (AvgIpc) is 2.43. The number of anilines is 1. The molecular weight excluding hydrogens is 340 g/mol. The number of nitrogens with one attached hydrogen (secondary N) is 1. The van der Waals surface area contributed by atoms with E-state index in [0.29, 0.717) is 0 Å². The van der Waals surface area contributed by atoms with Gasteiger partial charge in [0.05, 0.1) is 0 Å². The summed E-state index contributed by atoms with van der Waals surface area (Å²) in [5, 5.41) is 3.37. The smallest absolute Gasteiger partial charge is 0.387 e. The number of benzene rings is 2. The zero-order valence-corrected chi connectivity index (χ0v) is 13.3. The molecule has 21 heavy (non-hydrogen) atoms. The van der Waals surface area contributed by atoms with Gasteiger partial charge in [0.2, 0.25) is 0 Å². The summed E-state index contributed by atoms with van der Waals surface area (Å²) in [5.74, 6) is 0.169. The standard InChI is InChI=1S/C16H16BrF2NO/c1-10-14(17)7-4-8-15(10)20-11(2)12-5-3-6-13(9-12)21-16(18)19/h3-9,11,16,20H,1-2H3. The van der Waals surface area contributed by atoms with Crippen molar-refractivity contribution in [2.75, 3.05) is 5.32 Å². The van der Waals surface area contributed by atoms with Crippen LogP contribution < -0.4 is 10.1 Å². The lowest BCUT2D eigenvalue weighted by atomic mass is 10.1. The van der Waals surface area contributed by atoms with Gasteiger partial charge in [0.25, 0.3) is 0 Å². The molecule has 2 rings (SSSR count). The summed E-state index contributed by atoms with van der Waals surface area (Å²) >= 11 is 3.49. The molecule has 2 aromatic carbocycles. The first kappa shape index (κ1) is 15.8. The van der Waals surface area contributed by atoms with Gasteiger partial charge in [-0.25, -0.2) is 0 Å². The normalized spacial score (nSPS) is 12.3.